The molecule has 6 nitrogen and oxygen atoms in total. The Hall–Kier alpha value is -1.82. The maximum atomic E-state index is 11.0. The second kappa shape index (κ2) is 7.09. The molecule has 0 spiro atoms. The lowest BCUT2D eigenvalue weighted by atomic mass is 10.1. The second-order valence-corrected chi connectivity index (χ2v) is 4.93. The van der Waals surface area contributed by atoms with Gasteiger partial charge in [-0.3, -0.25) is 10.1 Å². The fraction of sp³-hybridized carbons (Fsp3) is 0.571. The summed E-state index contributed by atoms with van der Waals surface area (Å²) in [7, 11) is 0. The molecule has 1 unspecified atom stereocenters. The lowest BCUT2D eigenvalue weighted by molar-refractivity contribution is -0.384. The summed E-state index contributed by atoms with van der Waals surface area (Å²) in [6.07, 6.45) is 3.21. The highest BCUT2D eigenvalue weighted by molar-refractivity contribution is 5.56. The summed E-state index contributed by atoms with van der Waals surface area (Å²) in [4.78, 5) is 10.6. The number of rotatable bonds is 5. The Morgan fingerprint density at radius 1 is 1.40 bits per heavy atom. The summed E-state index contributed by atoms with van der Waals surface area (Å²) in [5.41, 5.74) is 0.819. The molecule has 2 N–H and O–H groups in total. The molecule has 1 heterocycles. The van der Waals surface area contributed by atoms with Crippen molar-refractivity contribution in [1.29, 1.82) is 0 Å². The van der Waals surface area contributed by atoms with E-state index in [1.807, 2.05) is 13.0 Å². The number of ether oxygens (including phenoxy) is 1. The van der Waals surface area contributed by atoms with Crippen molar-refractivity contribution in [2.45, 2.75) is 32.2 Å². The predicted octanol–water partition coefficient (Wildman–Crippen LogP) is 2.55. The van der Waals surface area contributed by atoms with Crippen LogP contribution in [-0.2, 0) is 0 Å². The molecule has 0 amide bonds. The van der Waals surface area contributed by atoms with Gasteiger partial charge in [-0.1, -0.05) is 0 Å². The molecular weight excluding hydrogens is 258 g/mol. The van der Waals surface area contributed by atoms with Gasteiger partial charge in [0.1, 0.15) is 5.75 Å². The maximum absolute atomic E-state index is 11.0. The summed E-state index contributed by atoms with van der Waals surface area (Å²) in [6.45, 7) is 4.37. The van der Waals surface area contributed by atoms with Crippen molar-refractivity contribution in [3.8, 4) is 5.75 Å². The van der Waals surface area contributed by atoms with Gasteiger partial charge in [-0.25, -0.2) is 0 Å². The summed E-state index contributed by atoms with van der Waals surface area (Å²) in [6, 6.07) is 5.21. The molecule has 1 aliphatic heterocycles. The SMILES string of the molecule is CCOc1cc(NC2CCCNCC2)cc([N+](=O)[O-])c1. The molecule has 1 aliphatic rings. The summed E-state index contributed by atoms with van der Waals surface area (Å²) >= 11 is 0. The van der Waals surface area contributed by atoms with Crippen LogP contribution in [0.4, 0.5) is 11.4 Å². The molecular formula is C14H21N3O3. The fourth-order valence-corrected chi connectivity index (χ4v) is 2.42. The first kappa shape index (κ1) is 14.6. The van der Waals surface area contributed by atoms with Crippen LogP contribution >= 0.6 is 0 Å². The number of hydrogen-bond acceptors (Lipinski definition) is 5. The Morgan fingerprint density at radius 2 is 2.25 bits per heavy atom. The van der Waals surface area contributed by atoms with Gasteiger partial charge in [-0.2, -0.15) is 0 Å². The minimum atomic E-state index is -0.387. The van der Waals surface area contributed by atoms with Crippen LogP contribution in [0.2, 0.25) is 0 Å². The molecule has 0 bridgehead atoms. The van der Waals surface area contributed by atoms with Gasteiger partial charge < -0.3 is 15.4 Å². The van der Waals surface area contributed by atoms with Crippen LogP contribution in [0, 0.1) is 10.1 Å². The third-order valence-electron chi connectivity index (χ3n) is 3.36. The smallest absolute Gasteiger partial charge is 0.275 e. The highest BCUT2D eigenvalue weighted by Crippen LogP contribution is 2.27. The number of hydrogen-bond donors (Lipinski definition) is 2. The van der Waals surface area contributed by atoms with Crippen LogP contribution in [-0.4, -0.2) is 30.7 Å². The first-order chi connectivity index (χ1) is 9.69. The average Bonchev–Trinajstić information content (AvgIpc) is 2.67. The van der Waals surface area contributed by atoms with Gasteiger partial charge >= 0.3 is 0 Å². The van der Waals surface area contributed by atoms with E-state index in [0.29, 0.717) is 18.4 Å². The van der Waals surface area contributed by atoms with E-state index in [-0.39, 0.29) is 10.6 Å². The number of anilines is 1. The Kier molecular flexibility index (Phi) is 5.17. The topological polar surface area (TPSA) is 76.4 Å². The molecule has 1 aromatic carbocycles. The zero-order valence-corrected chi connectivity index (χ0v) is 11.7. The Balaban J connectivity index is 2.14. The Bertz CT molecular complexity index is 457. The number of nitrogens with one attached hydrogen (secondary N) is 2. The quantitative estimate of drug-likeness (QED) is 0.640. The zero-order valence-electron chi connectivity index (χ0n) is 11.7. The highest BCUT2D eigenvalue weighted by atomic mass is 16.6. The summed E-state index contributed by atoms with van der Waals surface area (Å²) in [5, 5.41) is 17.7. The minimum Gasteiger partial charge on any atom is -0.494 e. The van der Waals surface area contributed by atoms with Gasteiger partial charge in [0, 0.05) is 23.9 Å². The minimum absolute atomic E-state index is 0.0604. The maximum Gasteiger partial charge on any atom is 0.275 e. The molecule has 1 fully saturated rings. The predicted molar refractivity (Wildman–Crippen MR) is 78.4 cm³/mol. The Labute approximate surface area is 118 Å². The largest absolute Gasteiger partial charge is 0.494 e. The second-order valence-electron chi connectivity index (χ2n) is 4.93. The van der Waals surface area contributed by atoms with Crippen LogP contribution < -0.4 is 15.4 Å². The molecule has 0 saturated carbocycles. The van der Waals surface area contributed by atoms with Crippen molar-refractivity contribution in [2.75, 3.05) is 25.0 Å². The normalized spacial score (nSPS) is 19.1. The van der Waals surface area contributed by atoms with Crippen molar-refractivity contribution < 1.29 is 9.66 Å². The molecule has 0 aromatic heterocycles. The number of nitro groups is 1. The van der Waals surface area contributed by atoms with Crippen LogP contribution in [0.5, 0.6) is 5.75 Å². The highest BCUT2D eigenvalue weighted by Gasteiger charge is 2.15. The van der Waals surface area contributed by atoms with Crippen molar-refractivity contribution >= 4 is 11.4 Å². The molecule has 1 atom stereocenters. The van der Waals surface area contributed by atoms with E-state index in [1.54, 1.807) is 6.07 Å². The average molecular weight is 279 g/mol. The molecule has 0 aliphatic carbocycles. The van der Waals surface area contributed by atoms with Crippen molar-refractivity contribution in [3.05, 3.63) is 28.3 Å². The van der Waals surface area contributed by atoms with Gasteiger partial charge in [0.15, 0.2) is 0 Å². The third kappa shape index (κ3) is 4.09. The number of non-ortho nitro benzene ring substituents is 1. The van der Waals surface area contributed by atoms with Crippen molar-refractivity contribution in [3.63, 3.8) is 0 Å². The van der Waals surface area contributed by atoms with Gasteiger partial charge in [0.05, 0.1) is 17.6 Å². The summed E-state index contributed by atoms with van der Waals surface area (Å²) < 4.78 is 5.39. The van der Waals surface area contributed by atoms with Crippen LogP contribution in [0.1, 0.15) is 26.2 Å². The molecule has 6 heteroatoms. The lowest BCUT2D eigenvalue weighted by Crippen LogP contribution is -2.21. The van der Waals surface area contributed by atoms with Crippen LogP contribution in [0.3, 0.4) is 0 Å². The molecule has 110 valence electrons. The van der Waals surface area contributed by atoms with E-state index in [9.17, 15) is 10.1 Å². The van der Waals surface area contributed by atoms with E-state index < -0.39 is 0 Å². The monoisotopic (exact) mass is 279 g/mol. The lowest BCUT2D eigenvalue weighted by Gasteiger charge is -2.18. The van der Waals surface area contributed by atoms with Crippen molar-refractivity contribution in [2.24, 2.45) is 0 Å². The first-order valence-electron chi connectivity index (χ1n) is 7.08. The first-order valence-corrected chi connectivity index (χ1v) is 7.08. The molecule has 1 aromatic rings. The fourth-order valence-electron chi connectivity index (χ4n) is 2.42. The number of benzene rings is 1. The van der Waals surface area contributed by atoms with E-state index in [2.05, 4.69) is 10.6 Å². The van der Waals surface area contributed by atoms with Crippen LogP contribution in [0.25, 0.3) is 0 Å². The molecule has 0 radical (unpaired) electrons. The van der Waals surface area contributed by atoms with Gasteiger partial charge in [0.25, 0.3) is 5.69 Å². The molecule has 2 rings (SSSR count). The van der Waals surface area contributed by atoms with E-state index in [4.69, 9.17) is 4.74 Å². The third-order valence-corrected chi connectivity index (χ3v) is 3.36. The molecule has 1 saturated heterocycles. The van der Waals surface area contributed by atoms with Gasteiger partial charge in [-0.05, 0) is 39.3 Å². The Morgan fingerprint density at radius 3 is 3.00 bits per heavy atom. The summed E-state index contributed by atoms with van der Waals surface area (Å²) in [5.74, 6) is 0.538. The van der Waals surface area contributed by atoms with Gasteiger partial charge in [-0.15, -0.1) is 0 Å². The standard InChI is InChI=1S/C14H21N3O3/c1-2-20-14-9-12(8-13(10-14)17(18)19)16-11-4-3-6-15-7-5-11/h8-11,15-16H,2-7H2,1H3. The molecule has 20 heavy (non-hydrogen) atoms. The number of nitrogens with zero attached hydrogens (tertiary/aromatic N) is 1. The van der Waals surface area contributed by atoms with Crippen LogP contribution in [0.15, 0.2) is 18.2 Å². The van der Waals surface area contributed by atoms with E-state index in [0.717, 1.165) is 38.0 Å². The van der Waals surface area contributed by atoms with E-state index in [1.165, 1.54) is 6.07 Å². The van der Waals surface area contributed by atoms with E-state index >= 15 is 0 Å². The number of nitro benzene ring substituents is 1. The van der Waals surface area contributed by atoms with Crippen molar-refractivity contribution in [1.82, 2.24) is 5.32 Å². The zero-order chi connectivity index (χ0) is 14.4. The van der Waals surface area contributed by atoms with Gasteiger partial charge in [0.2, 0.25) is 0 Å².